The molecule has 0 unspecified atom stereocenters. The Morgan fingerprint density at radius 3 is 2.43 bits per heavy atom. The number of nitrogens with zero attached hydrogens (tertiary/aromatic N) is 1. The summed E-state index contributed by atoms with van der Waals surface area (Å²) in [5.41, 5.74) is 0. The van der Waals surface area contributed by atoms with Crippen molar-refractivity contribution in [1.29, 1.82) is 0 Å². The molecule has 0 spiro atoms. The Kier molecular flexibility index (Phi) is 4.39. The maximum Gasteiger partial charge on any atom is 0.219 e. The SMILES string of the molecule is CC(=O)N(CC(C)C)C1CCOCC1. The van der Waals surface area contributed by atoms with E-state index >= 15 is 0 Å². The standard InChI is InChI=1S/C11H21NO2/c1-9(2)8-12(10(3)13)11-4-6-14-7-5-11/h9,11H,4-8H2,1-3H3. The molecule has 1 rings (SSSR count). The van der Waals surface area contributed by atoms with Crippen molar-refractivity contribution in [3.63, 3.8) is 0 Å². The number of carbonyl (C=O) groups is 1. The van der Waals surface area contributed by atoms with Gasteiger partial charge in [-0.2, -0.15) is 0 Å². The predicted molar refractivity (Wildman–Crippen MR) is 56.1 cm³/mol. The van der Waals surface area contributed by atoms with Crippen LogP contribution >= 0.6 is 0 Å². The van der Waals surface area contributed by atoms with E-state index in [1.54, 1.807) is 6.92 Å². The second-order valence-corrected chi connectivity index (χ2v) is 4.41. The predicted octanol–water partition coefficient (Wildman–Crippen LogP) is 1.67. The van der Waals surface area contributed by atoms with Gasteiger partial charge in [0.1, 0.15) is 0 Å². The molecular formula is C11H21NO2. The topological polar surface area (TPSA) is 29.5 Å². The molecular weight excluding hydrogens is 178 g/mol. The van der Waals surface area contributed by atoms with Crippen LogP contribution in [0.4, 0.5) is 0 Å². The molecule has 0 saturated carbocycles. The Bertz CT molecular complexity index is 186. The molecule has 0 radical (unpaired) electrons. The highest BCUT2D eigenvalue weighted by Gasteiger charge is 2.23. The van der Waals surface area contributed by atoms with Crippen LogP contribution in [0.2, 0.25) is 0 Å². The van der Waals surface area contributed by atoms with E-state index in [0.717, 1.165) is 32.6 Å². The van der Waals surface area contributed by atoms with Crippen LogP contribution in [0, 0.1) is 5.92 Å². The molecule has 1 amide bonds. The Hall–Kier alpha value is -0.570. The van der Waals surface area contributed by atoms with Gasteiger partial charge in [-0.1, -0.05) is 13.8 Å². The summed E-state index contributed by atoms with van der Waals surface area (Å²) in [6, 6.07) is 0.406. The minimum atomic E-state index is 0.200. The molecule has 0 aromatic rings. The zero-order valence-electron chi connectivity index (χ0n) is 9.45. The molecule has 0 atom stereocenters. The Labute approximate surface area is 86.4 Å². The zero-order chi connectivity index (χ0) is 10.6. The van der Waals surface area contributed by atoms with Gasteiger partial charge < -0.3 is 9.64 Å². The second kappa shape index (κ2) is 5.35. The average molecular weight is 199 g/mol. The minimum absolute atomic E-state index is 0.200. The number of hydrogen-bond donors (Lipinski definition) is 0. The van der Waals surface area contributed by atoms with Gasteiger partial charge in [0.2, 0.25) is 5.91 Å². The minimum Gasteiger partial charge on any atom is -0.381 e. The number of rotatable bonds is 3. The van der Waals surface area contributed by atoms with E-state index in [4.69, 9.17) is 4.74 Å². The van der Waals surface area contributed by atoms with E-state index in [2.05, 4.69) is 13.8 Å². The van der Waals surface area contributed by atoms with Crippen LogP contribution in [0.3, 0.4) is 0 Å². The first-order valence-corrected chi connectivity index (χ1v) is 5.46. The summed E-state index contributed by atoms with van der Waals surface area (Å²) in [6.07, 6.45) is 1.98. The third-order valence-electron chi connectivity index (χ3n) is 2.60. The van der Waals surface area contributed by atoms with Crippen LogP contribution in [0.5, 0.6) is 0 Å². The van der Waals surface area contributed by atoms with Crippen LogP contribution < -0.4 is 0 Å². The Morgan fingerprint density at radius 2 is 2.00 bits per heavy atom. The molecule has 0 aliphatic carbocycles. The lowest BCUT2D eigenvalue weighted by molar-refractivity contribution is -0.133. The molecule has 14 heavy (non-hydrogen) atoms. The van der Waals surface area contributed by atoms with Gasteiger partial charge in [-0.15, -0.1) is 0 Å². The van der Waals surface area contributed by atoms with E-state index in [1.165, 1.54) is 0 Å². The van der Waals surface area contributed by atoms with E-state index in [1.807, 2.05) is 4.90 Å². The van der Waals surface area contributed by atoms with Crippen LogP contribution in [0.25, 0.3) is 0 Å². The second-order valence-electron chi connectivity index (χ2n) is 4.41. The first kappa shape index (κ1) is 11.5. The quantitative estimate of drug-likeness (QED) is 0.692. The average Bonchev–Trinajstić information content (AvgIpc) is 2.15. The molecule has 82 valence electrons. The largest absolute Gasteiger partial charge is 0.381 e. The first-order valence-electron chi connectivity index (χ1n) is 5.46. The molecule has 0 aromatic heterocycles. The maximum absolute atomic E-state index is 11.5. The molecule has 1 aliphatic heterocycles. The van der Waals surface area contributed by atoms with Gasteiger partial charge >= 0.3 is 0 Å². The lowest BCUT2D eigenvalue weighted by Gasteiger charge is -2.34. The fraction of sp³-hybridized carbons (Fsp3) is 0.909. The van der Waals surface area contributed by atoms with E-state index in [0.29, 0.717) is 12.0 Å². The van der Waals surface area contributed by atoms with Gasteiger partial charge in [-0.05, 0) is 18.8 Å². The van der Waals surface area contributed by atoms with Crippen molar-refractivity contribution in [2.24, 2.45) is 5.92 Å². The monoisotopic (exact) mass is 199 g/mol. The van der Waals surface area contributed by atoms with Crippen molar-refractivity contribution >= 4 is 5.91 Å². The van der Waals surface area contributed by atoms with Crippen molar-refractivity contribution in [2.45, 2.75) is 39.7 Å². The van der Waals surface area contributed by atoms with Crippen LogP contribution in [-0.2, 0) is 9.53 Å². The summed E-state index contributed by atoms with van der Waals surface area (Å²) in [7, 11) is 0. The van der Waals surface area contributed by atoms with Crippen LogP contribution in [-0.4, -0.2) is 36.6 Å². The van der Waals surface area contributed by atoms with Crippen molar-refractivity contribution in [3.8, 4) is 0 Å². The highest BCUT2D eigenvalue weighted by atomic mass is 16.5. The third kappa shape index (κ3) is 3.29. The lowest BCUT2D eigenvalue weighted by Crippen LogP contribution is -2.44. The molecule has 3 nitrogen and oxygen atoms in total. The molecule has 3 heteroatoms. The molecule has 1 fully saturated rings. The lowest BCUT2D eigenvalue weighted by atomic mass is 10.1. The van der Waals surface area contributed by atoms with E-state index in [-0.39, 0.29) is 5.91 Å². The summed E-state index contributed by atoms with van der Waals surface area (Å²) in [4.78, 5) is 13.5. The van der Waals surface area contributed by atoms with E-state index < -0.39 is 0 Å². The van der Waals surface area contributed by atoms with E-state index in [9.17, 15) is 4.79 Å². The summed E-state index contributed by atoms with van der Waals surface area (Å²) in [5, 5.41) is 0. The smallest absolute Gasteiger partial charge is 0.219 e. The van der Waals surface area contributed by atoms with Crippen molar-refractivity contribution in [3.05, 3.63) is 0 Å². The number of hydrogen-bond acceptors (Lipinski definition) is 2. The van der Waals surface area contributed by atoms with Gasteiger partial charge in [0.15, 0.2) is 0 Å². The third-order valence-corrected chi connectivity index (χ3v) is 2.60. The highest BCUT2D eigenvalue weighted by Crippen LogP contribution is 2.16. The molecule has 0 N–H and O–H groups in total. The summed E-state index contributed by atoms with van der Waals surface area (Å²) < 4.78 is 5.30. The Morgan fingerprint density at radius 1 is 1.43 bits per heavy atom. The molecule has 1 heterocycles. The van der Waals surface area contributed by atoms with Crippen LogP contribution in [0.15, 0.2) is 0 Å². The molecule has 1 aliphatic rings. The van der Waals surface area contributed by atoms with Gasteiger partial charge in [0, 0.05) is 32.7 Å². The number of carbonyl (C=O) groups excluding carboxylic acids is 1. The molecule has 0 bridgehead atoms. The fourth-order valence-electron chi connectivity index (χ4n) is 1.92. The summed E-state index contributed by atoms with van der Waals surface area (Å²) in [6.45, 7) is 8.43. The zero-order valence-corrected chi connectivity index (χ0v) is 9.45. The van der Waals surface area contributed by atoms with Gasteiger partial charge in [-0.3, -0.25) is 4.79 Å². The van der Waals surface area contributed by atoms with Gasteiger partial charge in [-0.25, -0.2) is 0 Å². The maximum atomic E-state index is 11.5. The summed E-state index contributed by atoms with van der Waals surface area (Å²) in [5.74, 6) is 0.743. The normalized spacial score (nSPS) is 18.6. The van der Waals surface area contributed by atoms with Crippen molar-refractivity contribution in [1.82, 2.24) is 4.90 Å². The number of amides is 1. The molecule has 0 aromatic carbocycles. The van der Waals surface area contributed by atoms with Crippen molar-refractivity contribution in [2.75, 3.05) is 19.8 Å². The van der Waals surface area contributed by atoms with Gasteiger partial charge in [0.05, 0.1) is 0 Å². The first-order chi connectivity index (χ1) is 6.61. The highest BCUT2D eigenvalue weighted by molar-refractivity contribution is 5.73. The fourth-order valence-corrected chi connectivity index (χ4v) is 1.92. The van der Waals surface area contributed by atoms with Crippen molar-refractivity contribution < 1.29 is 9.53 Å². The summed E-state index contributed by atoms with van der Waals surface area (Å²) >= 11 is 0. The Balaban J connectivity index is 2.51. The van der Waals surface area contributed by atoms with Gasteiger partial charge in [0.25, 0.3) is 0 Å². The van der Waals surface area contributed by atoms with Crippen LogP contribution in [0.1, 0.15) is 33.6 Å². The number of ether oxygens (including phenoxy) is 1. The molecule has 1 saturated heterocycles.